The number of carbonyl (C=O) groups is 1. The molecule has 0 saturated heterocycles. The van der Waals surface area contributed by atoms with Crippen LogP contribution >= 0.6 is 11.3 Å². The van der Waals surface area contributed by atoms with Crippen molar-refractivity contribution in [2.24, 2.45) is 5.10 Å². The van der Waals surface area contributed by atoms with E-state index >= 15 is 0 Å². The van der Waals surface area contributed by atoms with E-state index in [-0.39, 0.29) is 11.1 Å². The summed E-state index contributed by atoms with van der Waals surface area (Å²) in [5.41, 5.74) is 3.26. The first-order chi connectivity index (χ1) is 9.63. The largest absolute Gasteiger partial charge is 0.315 e. The fraction of sp³-hybridized carbons (Fsp3) is 0.214. The zero-order valence-electron chi connectivity index (χ0n) is 11.3. The predicted molar refractivity (Wildman–Crippen MR) is 80.5 cm³/mol. The van der Waals surface area contributed by atoms with Gasteiger partial charge in [-0.2, -0.15) is 5.10 Å². The average Bonchev–Trinajstić information content (AvgIpc) is 2.84. The minimum Gasteiger partial charge on any atom is -0.315 e. The number of pyridine rings is 1. The zero-order valence-corrected chi connectivity index (χ0v) is 12.1. The minimum absolute atomic E-state index is 0.0920. The van der Waals surface area contributed by atoms with E-state index < -0.39 is 5.91 Å². The molecule has 0 saturated carbocycles. The number of hydrogen-bond donors (Lipinski definition) is 1. The molecule has 104 valence electrons. The van der Waals surface area contributed by atoms with E-state index in [0.29, 0.717) is 6.54 Å². The van der Waals surface area contributed by atoms with Crippen LogP contribution in [-0.4, -0.2) is 16.7 Å². The third kappa shape index (κ3) is 3.03. The standard InChI is InChI=1S/C14H15N3O2S/c1-3-17-7-4-5-11(14(17)19)13(18)16-15-9-12-10(2)6-8-20-12/h4-9H,3H2,1-2H3,(H,16,18)/b15-9-. The third-order valence-corrected chi connectivity index (χ3v) is 3.81. The molecule has 0 fully saturated rings. The fourth-order valence-corrected chi connectivity index (χ4v) is 2.47. The number of aryl methyl sites for hydroxylation is 2. The van der Waals surface area contributed by atoms with Gasteiger partial charge in [0.15, 0.2) is 0 Å². The first-order valence-electron chi connectivity index (χ1n) is 6.20. The van der Waals surface area contributed by atoms with Crippen LogP contribution in [0.2, 0.25) is 0 Å². The smallest absolute Gasteiger partial charge is 0.276 e. The molecule has 20 heavy (non-hydrogen) atoms. The first kappa shape index (κ1) is 14.2. The molecular formula is C14H15N3O2S. The van der Waals surface area contributed by atoms with Crippen molar-refractivity contribution < 1.29 is 4.79 Å². The van der Waals surface area contributed by atoms with Gasteiger partial charge in [0.1, 0.15) is 5.56 Å². The molecule has 0 aliphatic heterocycles. The molecule has 2 rings (SSSR count). The molecule has 0 bridgehead atoms. The van der Waals surface area contributed by atoms with Crippen molar-refractivity contribution in [3.63, 3.8) is 0 Å². The summed E-state index contributed by atoms with van der Waals surface area (Å²) in [7, 11) is 0. The van der Waals surface area contributed by atoms with Crippen molar-refractivity contribution in [3.8, 4) is 0 Å². The van der Waals surface area contributed by atoms with Crippen LogP contribution in [-0.2, 0) is 6.54 Å². The molecule has 0 aromatic carbocycles. The van der Waals surface area contributed by atoms with Crippen molar-refractivity contribution in [1.82, 2.24) is 9.99 Å². The maximum absolute atomic E-state index is 11.9. The lowest BCUT2D eigenvalue weighted by atomic mass is 10.2. The Kier molecular flexibility index (Phi) is 4.47. The normalized spacial score (nSPS) is 10.9. The highest BCUT2D eigenvalue weighted by atomic mass is 32.1. The quantitative estimate of drug-likeness (QED) is 0.691. The number of carbonyl (C=O) groups excluding carboxylic acids is 1. The van der Waals surface area contributed by atoms with Crippen LogP contribution < -0.4 is 11.0 Å². The second-order valence-electron chi connectivity index (χ2n) is 4.18. The summed E-state index contributed by atoms with van der Waals surface area (Å²) in [4.78, 5) is 24.8. The summed E-state index contributed by atoms with van der Waals surface area (Å²) in [5.74, 6) is -0.497. The first-order valence-corrected chi connectivity index (χ1v) is 7.08. The number of amides is 1. The van der Waals surface area contributed by atoms with Gasteiger partial charge in [0.25, 0.3) is 11.5 Å². The summed E-state index contributed by atoms with van der Waals surface area (Å²) >= 11 is 1.54. The Morgan fingerprint density at radius 2 is 2.30 bits per heavy atom. The molecule has 2 aromatic heterocycles. The molecule has 0 unspecified atom stereocenters. The van der Waals surface area contributed by atoms with Gasteiger partial charge in [-0.05, 0) is 43.0 Å². The third-order valence-electron chi connectivity index (χ3n) is 2.86. The van der Waals surface area contributed by atoms with Crippen LogP contribution in [0.4, 0.5) is 0 Å². The number of thiophene rings is 1. The van der Waals surface area contributed by atoms with Gasteiger partial charge in [0.05, 0.1) is 6.21 Å². The lowest BCUT2D eigenvalue weighted by Gasteiger charge is -2.03. The molecule has 1 N–H and O–H groups in total. The van der Waals surface area contributed by atoms with E-state index in [4.69, 9.17) is 0 Å². The topological polar surface area (TPSA) is 63.5 Å². The van der Waals surface area contributed by atoms with E-state index in [1.54, 1.807) is 18.5 Å². The fourth-order valence-electron chi connectivity index (χ4n) is 1.69. The Bertz CT molecular complexity index is 700. The van der Waals surface area contributed by atoms with Gasteiger partial charge in [0, 0.05) is 17.6 Å². The number of hydrazone groups is 1. The summed E-state index contributed by atoms with van der Waals surface area (Å²) in [6.45, 7) is 4.34. The number of nitrogens with zero attached hydrogens (tertiary/aromatic N) is 2. The van der Waals surface area contributed by atoms with Crippen LogP contribution in [0.1, 0.15) is 27.7 Å². The highest BCUT2D eigenvalue weighted by molar-refractivity contribution is 7.11. The van der Waals surface area contributed by atoms with Gasteiger partial charge in [-0.25, -0.2) is 5.43 Å². The van der Waals surface area contributed by atoms with Gasteiger partial charge in [-0.3, -0.25) is 9.59 Å². The molecule has 1 amide bonds. The molecular weight excluding hydrogens is 274 g/mol. The highest BCUT2D eigenvalue weighted by Gasteiger charge is 2.10. The van der Waals surface area contributed by atoms with Crippen molar-refractivity contribution in [1.29, 1.82) is 0 Å². The summed E-state index contributed by atoms with van der Waals surface area (Å²) in [5, 5.41) is 5.84. The number of nitrogens with one attached hydrogen (secondary N) is 1. The predicted octanol–water partition coefficient (Wildman–Crippen LogP) is 2.00. The summed E-state index contributed by atoms with van der Waals surface area (Å²) in [6, 6.07) is 5.15. The lowest BCUT2D eigenvalue weighted by molar-refractivity contribution is 0.0953. The van der Waals surface area contributed by atoms with Crippen molar-refractivity contribution in [2.75, 3.05) is 0 Å². The average molecular weight is 289 g/mol. The molecule has 0 spiro atoms. The number of aromatic nitrogens is 1. The summed E-state index contributed by atoms with van der Waals surface area (Å²) < 4.78 is 1.47. The zero-order chi connectivity index (χ0) is 14.5. The number of hydrogen-bond acceptors (Lipinski definition) is 4. The van der Waals surface area contributed by atoms with Gasteiger partial charge in [-0.15, -0.1) is 11.3 Å². The lowest BCUT2D eigenvalue weighted by Crippen LogP contribution is -2.30. The monoisotopic (exact) mass is 289 g/mol. The van der Waals surface area contributed by atoms with Crippen LogP contribution in [0.15, 0.2) is 39.7 Å². The summed E-state index contributed by atoms with van der Waals surface area (Å²) in [6.07, 6.45) is 3.23. The highest BCUT2D eigenvalue weighted by Crippen LogP contribution is 2.12. The second kappa shape index (κ2) is 6.29. The van der Waals surface area contributed by atoms with Crippen LogP contribution in [0.5, 0.6) is 0 Å². The van der Waals surface area contributed by atoms with Gasteiger partial charge in [-0.1, -0.05) is 0 Å². The van der Waals surface area contributed by atoms with Crippen LogP contribution in [0.25, 0.3) is 0 Å². The molecule has 0 aliphatic carbocycles. The minimum atomic E-state index is -0.497. The van der Waals surface area contributed by atoms with E-state index in [0.717, 1.165) is 10.4 Å². The second-order valence-corrected chi connectivity index (χ2v) is 5.13. The van der Waals surface area contributed by atoms with Crippen molar-refractivity contribution in [2.45, 2.75) is 20.4 Å². The molecule has 0 aliphatic rings. The molecule has 5 nitrogen and oxygen atoms in total. The molecule has 2 aromatic rings. The number of rotatable bonds is 4. The Labute approximate surface area is 120 Å². The van der Waals surface area contributed by atoms with Crippen LogP contribution in [0, 0.1) is 6.92 Å². The van der Waals surface area contributed by atoms with Crippen LogP contribution in [0.3, 0.4) is 0 Å². The maximum atomic E-state index is 11.9. The van der Waals surface area contributed by atoms with E-state index in [9.17, 15) is 9.59 Å². The Morgan fingerprint density at radius 1 is 1.50 bits per heavy atom. The Balaban J connectivity index is 2.12. The van der Waals surface area contributed by atoms with Gasteiger partial charge in [0.2, 0.25) is 0 Å². The van der Waals surface area contributed by atoms with E-state index in [2.05, 4.69) is 10.5 Å². The Hall–Kier alpha value is -2.21. The molecule has 0 radical (unpaired) electrons. The van der Waals surface area contributed by atoms with E-state index in [1.807, 2.05) is 25.3 Å². The van der Waals surface area contributed by atoms with Crippen molar-refractivity contribution in [3.05, 3.63) is 56.1 Å². The van der Waals surface area contributed by atoms with E-state index in [1.165, 1.54) is 22.0 Å². The SMILES string of the molecule is CCn1cccc(C(=O)N/N=C\c2sccc2C)c1=O. The molecule has 0 atom stereocenters. The molecule has 2 heterocycles. The Morgan fingerprint density at radius 3 is 2.95 bits per heavy atom. The van der Waals surface area contributed by atoms with Gasteiger partial charge >= 0.3 is 0 Å². The molecule has 6 heteroatoms. The maximum Gasteiger partial charge on any atom is 0.276 e. The van der Waals surface area contributed by atoms with Gasteiger partial charge < -0.3 is 4.57 Å². The van der Waals surface area contributed by atoms with Crippen molar-refractivity contribution >= 4 is 23.5 Å².